The number of hydrogen-bond donors (Lipinski definition) is 1. The van der Waals surface area contributed by atoms with Crippen molar-refractivity contribution in [3.05, 3.63) is 83.1 Å². The number of Topliss-reactive ketones (excluding diaryl/α,β-unsaturated/α-hetero) is 1. The summed E-state index contributed by atoms with van der Waals surface area (Å²) in [5.74, 6) is -1.92. The molecule has 1 aliphatic heterocycles. The molecule has 134 valence electrons. The number of rotatable bonds is 6. The number of carbonyl (C=O) groups excluding carboxylic acids is 2. The van der Waals surface area contributed by atoms with E-state index in [1.54, 1.807) is 0 Å². The molecule has 0 spiro atoms. The lowest BCUT2D eigenvalue weighted by Gasteiger charge is -2.27. The molecule has 26 heavy (non-hydrogen) atoms. The highest BCUT2D eigenvalue weighted by atomic mass is 16.6. The molecule has 0 saturated carbocycles. The van der Waals surface area contributed by atoms with E-state index in [9.17, 15) is 14.7 Å². The van der Waals surface area contributed by atoms with E-state index in [4.69, 9.17) is 4.74 Å². The topological polar surface area (TPSA) is 63.6 Å². The van der Waals surface area contributed by atoms with Gasteiger partial charge in [-0.1, -0.05) is 67.6 Å². The number of aliphatic hydroxyl groups is 1. The molecule has 0 saturated heterocycles. The van der Waals surface area contributed by atoms with Crippen LogP contribution in [0.2, 0.25) is 0 Å². The van der Waals surface area contributed by atoms with Gasteiger partial charge in [0.05, 0.1) is 5.57 Å². The highest BCUT2D eigenvalue weighted by molar-refractivity contribution is 6.09. The van der Waals surface area contributed by atoms with Gasteiger partial charge in [-0.3, -0.25) is 4.79 Å². The first-order valence-corrected chi connectivity index (χ1v) is 8.89. The summed E-state index contributed by atoms with van der Waals surface area (Å²) in [6.45, 7) is 1.91. The smallest absolute Gasteiger partial charge is 0.339 e. The van der Waals surface area contributed by atoms with E-state index in [1.807, 2.05) is 67.6 Å². The SMILES string of the molecule is CCC(C1=C(O)C(=O)C(CCc2ccccc2)OC1=O)c1ccccc1. The lowest BCUT2D eigenvalue weighted by Crippen LogP contribution is -2.37. The average molecular weight is 350 g/mol. The summed E-state index contributed by atoms with van der Waals surface area (Å²) in [6.07, 6.45) is 0.608. The summed E-state index contributed by atoms with van der Waals surface area (Å²) >= 11 is 0. The van der Waals surface area contributed by atoms with Crippen molar-refractivity contribution in [2.45, 2.75) is 38.2 Å². The van der Waals surface area contributed by atoms with Crippen LogP contribution in [0.1, 0.15) is 36.8 Å². The van der Waals surface area contributed by atoms with Crippen molar-refractivity contribution >= 4 is 11.8 Å². The Morgan fingerprint density at radius 2 is 1.62 bits per heavy atom. The lowest BCUT2D eigenvalue weighted by molar-refractivity contribution is -0.154. The van der Waals surface area contributed by atoms with Crippen molar-refractivity contribution in [1.29, 1.82) is 0 Å². The normalized spacial score (nSPS) is 18.6. The second kappa shape index (κ2) is 8.00. The maximum Gasteiger partial charge on any atom is 0.339 e. The van der Waals surface area contributed by atoms with E-state index < -0.39 is 23.6 Å². The van der Waals surface area contributed by atoms with Gasteiger partial charge in [-0.25, -0.2) is 4.79 Å². The molecule has 0 aromatic heterocycles. The van der Waals surface area contributed by atoms with Gasteiger partial charge < -0.3 is 9.84 Å². The summed E-state index contributed by atoms with van der Waals surface area (Å²) in [7, 11) is 0. The number of aliphatic hydroxyl groups excluding tert-OH is 1. The predicted octanol–water partition coefficient (Wildman–Crippen LogP) is 4.12. The third kappa shape index (κ3) is 3.69. The molecule has 1 N–H and O–H groups in total. The third-order valence-corrected chi connectivity index (χ3v) is 4.75. The lowest BCUT2D eigenvalue weighted by atomic mass is 9.85. The van der Waals surface area contributed by atoms with Gasteiger partial charge in [-0.15, -0.1) is 0 Å². The summed E-state index contributed by atoms with van der Waals surface area (Å²) in [6, 6.07) is 19.1. The molecule has 2 unspecified atom stereocenters. The molecule has 1 heterocycles. The van der Waals surface area contributed by atoms with Crippen LogP contribution in [0, 0.1) is 0 Å². The van der Waals surface area contributed by atoms with Gasteiger partial charge in [0.25, 0.3) is 0 Å². The largest absolute Gasteiger partial charge is 0.504 e. The number of carbonyl (C=O) groups is 2. The minimum atomic E-state index is -0.931. The summed E-state index contributed by atoms with van der Waals surface area (Å²) in [5.41, 5.74) is 2.00. The average Bonchev–Trinajstić information content (AvgIpc) is 2.68. The second-order valence-corrected chi connectivity index (χ2v) is 6.42. The fraction of sp³-hybridized carbons (Fsp3) is 0.273. The zero-order valence-electron chi connectivity index (χ0n) is 14.7. The predicted molar refractivity (Wildman–Crippen MR) is 98.8 cm³/mol. The van der Waals surface area contributed by atoms with Gasteiger partial charge in [0.2, 0.25) is 5.78 Å². The maximum atomic E-state index is 12.6. The van der Waals surface area contributed by atoms with Crippen LogP contribution in [0.25, 0.3) is 0 Å². The quantitative estimate of drug-likeness (QED) is 0.796. The van der Waals surface area contributed by atoms with Crippen molar-refractivity contribution in [3.8, 4) is 0 Å². The third-order valence-electron chi connectivity index (χ3n) is 4.75. The molecular formula is C22H22O4. The Bertz CT molecular complexity index is 809. The van der Waals surface area contributed by atoms with E-state index in [2.05, 4.69) is 0 Å². The van der Waals surface area contributed by atoms with E-state index in [-0.39, 0.29) is 11.5 Å². The van der Waals surface area contributed by atoms with Crippen LogP contribution in [0.3, 0.4) is 0 Å². The Labute approximate surface area is 153 Å². The molecule has 4 nitrogen and oxygen atoms in total. The van der Waals surface area contributed by atoms with Crippen LogP contribution < -0.4 is 0 Å². The Morgan fingerprint density at radius 1 is 1.00 bits per heavy atom. The van der Waals surface area contributed by atoms with Crippen LogP contribution in [-0.2, 0) is 20.7 Å². The van der Waals surface area contributed by atoms with Crippen LogP contribution in [0.5, 0.6) is 0 Å². The minimum absolute atomic E-state index is 0.0691. The number of hydrogen-bond acceptors (Lipinski definition) is 4. The van der Waals surface area contributed by atoms with Gasteiger partial charge >= 0.3 is 5.97 Å². The first-order valence-electron chi connectivity index (χ1n) is 8.89. The molecule has 0 fully saturated rings. The van der Waals surface area contributed by atoms with Crippen LogP contribution in [0.15, 0.2) is 72.0 Å². The van der Waals surface area contributed by atoms with E-state index in [0.717, 1.165) is 11.1 Å². The highest BCUT2D eigenvalue weighted by Gasteiger charge is 2.39. The Kier molecular flexibility index (Phi) is 5.52. The molecule has 0 radical (unpaired) electrons. The number of ether oxygens (including phenoxy) is 1. The van der Waals surface area contributed by atoms with Crippen molar-refractivity contribution in [2.75, 3.05) is 0 Å². The standard InChI is InChI=1S/C22H22O4/c1-2-17(16-11-7-4-8-12-16)19-21(24)20(23)18(26-22(19)25)14-13-15-9-5-3-6-10-15/h3-12,17-18,24H,2,13-14H2,1H3. The second-order valence-electron chi connectivity index (χ2n) is 6.42. The number of benzene rings is 2. The van der Waals surface area contributed by atoms with Gasteiger partial charge in [0, 0.05) is 5.92 Å². The molecular weight excluding hydrogens is 328 g/mol. The van der Waals surface area contributed by atoms with E-state index in [0.29, 0.717) is 19.3 Å². The van der Waals surface area contributed by atoms with Crippen molar-refractivity contribution < 1.29 is 19.4 Å². The molecule has 2 aromatic carbocycles. The molecule has 1 aliphatic rings. The summed E-state index contributed by atoms with van der Waals surface area (Å²) in [5, 5.41) is 10.5. The summed E-state index contributed by atoms with van der Waals surface area (Å²) in [4.78, 5) is 25.1. The summed E-state index contributed by atoms with van der Waals surface area (Å²) < 4.78 is 5.40. The number of cyclic esters (lactones) is 1. The molecule has 0 amide bonds. The fourth-order valence-corrected chi connectivity index (χ4v) is 3.36. The zero-order chi connectivity index (χ0) is 18.5. The van der Waals surface area contributed by atoms with Gasteiger partial charge in [0.15, 0.2) is 11.9 Å². The number of ketones is 1. The molecule has 2 aromatic rings. The van der Waals surface area contributed by atoms with Crippen molar-refractivity contribution in [1.82, 2.24) is 0 Å². The van der Waals surface area contributed by atoms with Crippen molar-refractivity contribution in [3.63, 3.8) is 0 Å². The zero-order valence-corrected chi connectivity index (χ0v) is 14.7. The highest BCUT2D eigenvalue weighted by Crippen LogP contribution is 2.34. The first-order chi connectivity index (χ1) is 12.6. The van der Waals surface area contributed by atoms with Crippen LogP contribution in [-0.4, -0.2) is 23.0 Å². The Hall–Kier alpha value is -2.88. The van der Waals surface area contributed by atoms with Gasteiger partial charge in [0.1, 0.15) is 0 Å². The van der Waals surface area contributed by atoms with Gasteiger partial charge in [-0.2, -0.15) is 0 Å². The van der Waals surface area contributed by atoms with Crippen molar-refractivity contribution in [2.24, 2.45) is 0 Å². The first kappa shape index (κ1) is 17.9. The van der Waals surface area contributed by atoms with Crippen LogP contribution in [0.4, 0.5) is 0 Å². The number of aryl methyl sites for hydroxylation is 1. The molecule has 3 rings (SSSR count). The monoisotopic (exact) mass is 350 g/mol. The van der Waals surface area contributed by atoms with E-state index in [1.165, 1.54) is 0 Å². The Balaban J connectivity index is 1.81. The molecule has 4 heteroatoms. The van der Waals surface area contributed by atoms with E-state index >= 15 is 0 Å². The maximum absolute atomic E-state index is 12.6. The molecule has 0 aliphatic carbocycles. The van der Waals surface area contributed by atoms with Crippen LogP contribution >= 0.6 is 0 Å². The van der Waals surface area contributed by atoms with Gasteiger partial charge in [-0.05, 0) is 30.4 Å². The number of esters is 1. The molecule has 2 atom stereocenters. The molecule has 0 bridgehead atoms. The Morgan fingerprint density at radius 3 is 2.23 bits per heavy atom. The minimum Gasteiger partial charge on any atom is -0.504 e. The fourth-order valence-electron chi connectivity index (χ4n) is 3.36.